The van der Waals surface area contributed by atoms with E-state index >= 15 is 0 Å². The molecule has 0 spiro atoms. The minimum absolute atomic E-state index is 0.363. The molecule has 1 atom stereocenters. The summed E-state index contributed by atoms with van der Waals surface area (Å²) in [5.41, 5.74) is 1.81. The second-order valence-electron chi connectivity index (χ2n) is 4.87. The fourth-order valence-corrected chi connectivity index (χ4v) is 2.52. The Morgan fingerprint density at radius 2 is 2.37 bits per heavy atom. The Bertz CT molecular complexity index is 625. The summed E-state index contributed by atoms with van der Waals surface area (Å²) in [6, 6.07) is 6.18. The summed E-state index contributed by atoms with van der Waals surface area (Å²) >= 11 is 0. The minimum atomic E-state index is 0.363. The molecule has 1 fully saturated rings. The van der Waals surface area contributed by atoms with Gasteiger partial charge in [-0.3, -0.25) is 4.68 Å². The van der Waals surface area contributed by atoms with E-state index in [-0.39, 0.29) is 0 Å². The van der Waals surface area contributed by atoms with Crippen molar-refractivity contribution in [1.29, 1.82) is 5.26 Å². The summed E-state index contributed by atoms with van der Waals surface area (Å²) in [5, 5.41) is 13.5. The van der Waals surface area contributed by atoms with Crippen molar-refractivity contribution in [2.45, 2.75) is 19.4 Å². The molecule has 0 N–H and O–H groups in total. The SMILES string of the molecule is Cc1cnn(C2CCN(c3ncccc3C#N)C2)c1. The molecule has 96 valence electrons. The van der Waals surface area contributed by atoms with E-state index in [0.29, 0.717) is 11.6 Å². The third-order valence-electron chi connectivity index (χ3n) is 3.47. The molecule has 0 bridgehead atoms. The number of rotatable bonds is 2. The van der Waals surface area contributed by atoms with Crippen LogP contribution in [0.2, 0.25) is 0 Å². The molecule has 3 rings (SSSR count). The van der Waals surface area contributed by atoms with Gasteiger partial charge < -0.3 is 4.90 Å². The molecule has 5 nitrogen and oxygen atoms in total. The monoisotopic (exact) mass is 253 g/mol. The zero-order valence-corrected chi connectivity index (χ0v) is 10.8. The second kappa shape index (κ2) is 4.73. The van der Waals surface area contributed by atoms with E-state index in [1.54, 1.807) is 12.3 Å². The summed E-state index contributed by atoms with van der Waals surface area (Å²) in [6.45, 7) is 3.81. The van der Waals surface area contributed by atoms with Crippen LogP contribution in [0.25, 0.3) is 0 Å². The topological polar surface area (TPSA) is 57.7 Å². The van der Waals surface area contributed by atoms with E-state index in [0.717, 1.165) is 25.3 Å². The van der Waals surface area contributed by atoms with Gasteiger partial charge in [-0.2, -0.15) is 10.4 Å². The summed E-state index contributed by atoms with van der Waals surface area (Å²) in [5.74, 6) is 0.788. The van der Waals surface area contributed by atoms with Gasteiger partial charge in [0.25, 0.3) is 0 Å². The maximum atomic E-state index is 9.13. The van der Waals surface area contributed by atoms with Gasteiger partial charge in [0, 0.05) is 25.5 Å². The van der Waals surface area contributed by atoms with Crippen LogP contribution < -0.4 is 4.90 Å². The molecule has 19 heavy (non-hydrogen) atoms. The van der Waals surface area contributed by atoms with E-state index in [1.165, 1.54) is 5.56 Å². The molecule has 0 aliphatic carbocycles. The first kappa shape index (κ1) is 11.7. The van der Waals surface area contributed by atoms with Gasteiger partial charge in [0.2, 0.25) is 0 Å². The molecule has 5 heteroatoms. The molecule has 1 aliphatic rings. The minimum Gasteiger partial charge on any atom is -0.353 e. The Hall–Kier alpha value is -2.35. The van der Waals surface area contributed by atoms with Crippen LogP contribution >= 0.6 is 0 Å². The first-order valence-corrected chi connectivity index (χ1v) is 6.39. The average Bonchev–Trinajstić information content (AvgIpc) is 3.07. The van der Waals surface area contributed by atoms with Crippen LogP contribution in [0.15, 0.2) is 30.7 Å². The van der Waals surface area contributed by atoms with Crippen molar-refractivity contribution in [1.82, 2.24) is 14.8 Å². The Balaban J connectivity index is 1.81. The molecule has 2 aromatic rings. The van der Waals surface area contributed by atoms with Crippen molar-refractivity contribution in [2.24, 2.45) is 0 Å². The van der Waals surface area contributed by atoms with Crippen molar-refractivity contribution in [3.63, 3.8) is 0 Å². The van der Waals surface area contributed by atoms with Crippen LogP contribution in [0.4, 0.5) is 5.82 Å². The number of nitrogens with zero attached hydrogens (tertiary/aromatic N) is 5. The van der Waals surface area contributed by atoms with Gasteiger partial charge in [0.05, 0.1) is 17.8 Å². The quantitative estimate of drug-likeness (QED) is 0.820. The predicted molar refractivity (Wildman–Crippen MR) is 71.8 cm³/mol. The molecule has 1 unspecified atom stereocenters. The van der Waals surface area contributed by atoms with E-state index in [9.17, 15) is 0 Å². The van der Waals surface area contributed by atoms with Crippen LogP contribution in [0.5, 0.6) is 0 Å². The van der Waals surface area contributed by atoms with Gasteiger partial charge in [-0.25, -0.2) is 4.98 Å². The number of anilines is 1. The first-order chi connectivity index (χ1) is 9.28. The molecule has 1 saturated heterocycles. The molecule has 2 aromatic heterocycles. The van der Waals surface area contributed by atoms with Gasteiger partial charge in [-0.05, 0) is 31.0 Å². The highest BCUT2D eigenvalue weighted by Crippen LogP contribution is 2.27. The van der Waals surface area contributed by atoms with Crippen LogP contribution in [0.1, 0.15) is 23.6 Å². The smallest absolute Gasteiger partial charge is 0.146 e. The van der Waals surface area contributed by atoms with E-state index in [1.807, 2.05) is 23.9 Å². The lowest BCUT2D eigenvalue weighted by atomic mass is 10.2. The molecule has 0 aromatic carbocycles. The van der Waals surface area contributed by atoms with Crippen molar-refractivity contribution >= 4 is 5.82 Å². The molecule has 3 heterocycles. The Labute approximate surface area is 112 Å². The number of pyridine rings is 1. The number of hydrogen-bond acceptors (Lipinski definition) is 4. The first-order valence-electron chi connectivity index (χ1n) is 6.39. The third kappa shape index (κ3) is 2.17. The zero-order chi connectivity index (χ0) is 13.2. The lowest BCUT2D eigenvalue weighted by molar-refractivity contribution is 0.494. The van der Waals surface area contributed by atoms with Crippen molar-refractivity contribution in [3.05, 3.63) is 41.9 Å². The lowest BCUT2D eigenvalue weighted by Gasteiger charge is -2.18. The van der Waals surface area contributed by atoms with Gasteiger partial charge in [-0.15, -0.1) is 0 Å². The Morgan fingerprint density at radius 3 is 3.11 bits per heavy atom. The summed E-state index contributed by atoms with van der Waals surface area (Å²) in [6.07, 6.45) is 6.71. The number of nitriles is 1. The number of hydrogen-bond donors (Lipinski definition) is 0. The largest absolute Gasteiger partial charge is 0.353 e. The molecular weight excluding hydrogens is 238 g/mol. The van der Waals surface area contributed by atoms with Gasteiger partial charge >= 0.3 is 0 Å². The number of aromatic nitrogens is 3. The Kier molecular flexibility index (Phi) is 2.92. The number of aryl methyl sites for hydroxylation is 1. The molecular formula is C14H15N5. The van der Waals surface area contributed by atoms with Crippen LogP contribution in [-0.4, -0.2) is 27.9 Å². The molecule has 1 aliphatic heterocycles. The molecule has 0 radical (unpaired) electrons. The zero-order valence-electron chi connectivity index (χ0n) is 10.8. The third-order valence-corrected chi connectivity index (χ3v) is 3.47. The van der Waals surface area contributed by atoms with Crippen molar-refractivity contribution < 1.29 is 0 Å². The summed E-state index contributed by atoms with van der Waals surface area (Å²) in [7, 11) is 0. The van der Waals surface area contributed by atoms with Gasteiger partial charge in [0.15, 0.2) is 0 Å². The van der Waals surface area contributed by atoms with Gasteiger partial charge in [0.1, 0.15) is 11.9 Å². The van der Waals surface area contributed by atoms with Crippen molar-refractivity contribution in [3.8, 4) is 6.07 Å². The maximum absolute atomic E-state index is 9.13. The highest BCUT2D eigenvalue weighted by atomic mass is 15.3. The fourth-order valence-electron chi connectivity index (χ4n) is 2.52. The Morgan fingerprint density at radius 1 is 1.47 bits per heavy atom. The lowest BCUT2D eigenvalue weighted by Crippen LogP contribution is -2.23. The van der Waals surface area contributed by atoms with E-state index in [2.05, 4.69) is 27.2 Å². The molecule has 0 saturated carbocycles. The van der Waals surface area contributed by atoms with Crippen LogP contribution in [0, 0.1) is 18.3 Å². The summed E-state index contributed by atoms with van der Waals surface area (Å²) in [4.78, 5) is 6.51. The summed E-state index contributed by atoms with van der Waals surface area (Å²) < 4.78 is 2.02. The highest BCUT2D eigenvalue weighted by molar-refractivity contribution is 5.54. The van der Waals surface area contributed by atoms with E-state index < -0.39 is 0 Å². The normalized spacial score (nSPS) is 18.5. The average molecular weight is 253 g/mol. The molecule has 0 amide bonds. The fraction of sp³-hybridized carbons (Fsp3) is 0.357. The van der Waals surface area contributed by atoms with Gasteiger partial charge in [-0.1, -0.05) is 0 Å². The maximum Gasteiger partial charge on any atom is 0.146 e. The van der Waals surface area contributed by atoms with Crippen molar-refractivity contribution in [2.75, 3.05) is 18.0 Å². The predicted octanol–water partition coefficient (Wildman–Crippen LogP) is 1.91. The second-order valence-corrected chi connectivity index (χ2v) is 4.87. The highest BCUT2D eigenvalue weighted by Gasteiger charge is 2.26. The van der Waals surface area contributed by atoms with Crippen LogP contribution in [-0.2, 0) is 0 Å². The standard InChI is InChI=1S/C14H15N5/c1-11-8-17-19(9-11)13-4-6-18(10-13)14-12(7-15)3-2-5-16-14/h2-3,5,8-9,13H,4,6,10H2,1H3. The van der Waals surface area contributed by atoms with Crippen LogP contribution in [0.3, 0.4) is 0 Å². The van der Waals surface area contributed by atoms with E-state index in [4.69, 9.17) is 5.26 Å².